The Morgan fingerprint density at radius 1 is 1.10 bits per heavy atom. The van der Waals surface area contributed by atoms with Gasteiger partial charge in [0.15, 0.2) is 16.5 Å². The molecule has 1 aliphatic rings. The Balaban J connectivity index is 0.00000155. The molecule has 1 heterocycles. The van der Waals surface area contributed by atoms with Gasteiger partial charge in [0.05, 0.1) is 26.2 Å². The number of methoxy groups -OCH3 is 2. The molecule has 30 heavy (non-hydrogen) atoms. The summed E-state index contributed by atoms with van der Waals surface area (Å²) in [5.74, 6) is -0.257. The average Bonchev–Trinajstić information content (AvgIpc) is 2.78. The highest BCUT2D eigenvalue weighted by Gasteiger charge is 2.32. The number of hydroxylamine groups is 2. The lowest BCUT2D eigenvalue weighted by molar-refractivity contribution is -0.150. The average molecular weight is 428 g/mol. The van der Waals surface area contributed by atoms with Crippen molar-refractivity contribution in [1.82, 2.24) is 5.06 Å². The topological polar surface area (TPSA) is 65.1 Å². The normalized spacial score (nSPS) is 12.8. The zero-order chi connectivity index (χ0) is 22.3. The van der Waals surface area contributed by atoms with Gasteiger partial charge in [-0.05, 0) is 36.2 Å². The number of thiocarbonyl (C=S) groups is 1. The summed E-state index contributed by atoms with van der Waals surface area (Å²) in [5, 5.41) is 0.885. The number of hydrogen-bond acceptors (Lipinski definition) is 6. The number of allylic oxidation sites excluding steroid dienone is 1. The lowest BCUT2D eigenvalue weighted by atomic mass is 9.94. The molecular formula is C23H25NO5S. The first-order valence-corrected chi connectivity index (χ1v) is 9.97. The molecule has 0 fully saturated rings. The number of hydrogen-bond donors (Lipinski definition) is 0. The van der Waals surface area contributed by atoms with Crippen molar-refractivity contribution in [1.29, 1.82) is 0 Å². The fourth-order valence-corrected chi connectivity index (χ4v) is 3.31. The fraction of sp³-hybridized carbons (Fsp3) is 0.261. The highest BCUT2D eigenvalue weighted by atomic mass is 32.1. The molecule has 0 bridgehead atoms. The number of ether oxygens (including phenoxy) is 2. The summed E-state index contributed by atoms with van der Waals surface area (Å²) in [7, 11) is 2.97. The van der Waals surface area contributed by atoms with Crippen molar-refractivity contribution in [2.75, 3.05) is 14.2 Å². The molecular weight excluding hydrogens is 402 g/mol. The predicted octanol–water partition coefficient (Wildman–Crippen LogP) is 4.60. The number of nitrogens with zero attached hydrogens (tertiary/aromatic N) is 1. The van der Waals surface area contributed by atoms with Gasteiger partial charge in [-0.3, -0.25) is 4.79 Å². The summed E-state index contributed by atoms with van der Waals surface area (Å²) in [6.07, 6.45) is 3.90. The third kappa shape index (κ3) is 4.68. The highest BCUT2D eigenvalue weighted by molar-refractivity contribution is 7.80. The second kappa shape index (κ2) is 10.5. The van der Waals surface area contributed by atoms with Gasteiger partial charge in [0, 0.05) is 5.56 Å². The molecule has 158 valence electrons. The van der Waals surface area contributed by atoms with E-state index in [1.165, 1.54) is 26.4 Å². The van der Waals surface area contributed by atoms with Crippen LogP contribution in [0.1, 0.15) is 47.8 Å². The molecule has 0 radical (unpaired) electrons. The summed E-state index contributed by atoms with van der Waals surface area (Å²) in [6, 6.07) is 10.2. The van der Waals surface area contributed by atoms with Crippen molar-refractivity contribution in [3.05, 3.63) is 64.7 Å². The SMILES string of the molecule is C/C=C\c1cccc2c1CC(=O)N(OC(=O)c1ccc(OC)c(OC)c1)C2=S.CC. The van der Waals surface area contributed by atoms with Gasteiger partial charge in [0.1, 0.15) is 0 Å². The van der Waals surface area contributed by atoms with Crippen LogP contribution in [0, 0.1) is 0 Å². The quantitative estimate of drug-likeness (QED) is 0.650. The van der Waals surface area contributed by atoms with Crippen LogP contribution in [0.5, 0.6) is 11.5 Å². The van der Waals surface area contributed by atoms with Crippen molar-refractivity contribution >= 4 is 35.2 Å². The van der Waals surface area contributed by atoms with E-state index in [4.69, 9.17) is 26.5 Å². The number of fused-ring (bicyclic) bond motifs is 1. The standard InChI is InChI=1S/C21H19NO5S.C2H6/c1-4-6-13-7-5-8-15-16(13)12-19(23)22(20(15)28)27-21(24)14-9-10-17(25-2)18(11-14)26-3;1-2/h4-11H,12H2,1-3H3;1-2H3/b6-4-;. The Bertz CT molecular complexity index is 984. The number of carbonyl (C=O) groups is 2. The van der Waals surface area contributed by atoms with Crippen LogP contribution >= 0.6 is 12.2 Å². The minimum Gasteiger partial charge on any atom is -0.493 e. The molecule has 2 aromatic rings. The van der Waals surface area contributed by atoms with Gasteiger partial charge >= 0.3 is 5.97 Å². The molecule has 0 N–H and O–H groups in total. The fourth-order valence-electron chi connectivity index (χ4n) is 2.97. The van der Waals surface area contributed by atoms with Crippen LogP contribution in [-0.2, 0) is 16.1 Å². The lowest BCUT2D eigenvalue weighted by Gasteiger charge is -2.28. The van der Waals surface area contributed by atoms with E-state index in [0.29, 0.717) is 17.1 Å². The van der Waals surface area contributed by atoms with Gasteiger partial charge in [0.2, 0.25) is 0 Å². The van der Waals surface area contributed by atoms with Crippen LogP contribution in [0.15, 0.2) is 42.5 Å². The van der Waals surface area contributed by atoms with Crippen LogP contribution in [-0.4, -0.2) is 36.1 Å². The zero-order valence-corrected chi connectivity index (χ0v) is 18.5. The number of benzene rings is 2. The molecule has 2 aromatic carbocycles. The van der Waals surface area contributed by atoms with Crippen LogP contribution in [0.3, 0.4) is 0 Å². The van der Waals surface area contributed by atoms with Gasteiger partial charge in [-0.25, -0.2) is 4.79 Å². The Labute approximate surface area is 182 Å². The van der Waals surface area contributed by atoms with Gasteiger partial charge in [-0.1, -0.05) is 56.4 Å². The van der Waals surface area contributed by atoms with Gasteiger partial charge in [0.25, 0.3) is 5.91 Å². The van der Waals surface area contributed by atoms with Crippen molar-refractivity contribution in [3.8, 4) is 11.5 Å². The molecule has 0 aromatic heterocycles. The van der Waals surface area contributed by atoms with E-state index in [1.807, 2.05) is 51.1 Å². The molecule has 0 unspecified atom stereocenters. The van der Waals surface area contributed by atoms with E-state index in [1.54, 1.807) is 6.07 Å². The first-order valence-electron chi connectivity index (χ1n) is 9.56. The molecule has 6 nitrogen and oxygen atoms in total. The molecule has 0 aliphatic carbocycles. The Hall–Kier alpha value is -3.19. The minimum absolute atomic E-state index is 0.0925. The third-order valence-electron chi connectivity index (χ3n) is 4.32. The Morgan fingerprint density at radius 2 is 1.80 bits per heavy atom. The molecule has 0 saturated carbocycles. The van der Waals surface area contributed by atoms with Crippen LogP contribution in [0.25, 0.3) is 6.08 Å². The Morgan fingerprint density at radius 3 is 2.43 bits per heavy atom. The molecule has 0 saturated heterocycles. The maximum atomic E-state index is 12.6. The lowest BCUT2D eigenvalue weighted by Crippen LogP contribution is -2.43. The maximum Gasteiger partial charge on any atom is 0.363 e. The monoisotopic (exact) mass is 427 g/mol. The second-order valence-corrected chi connectivity index (χ2v) is 6.38. The van der Waals surface area contributed by atoms with Crippen molar-refractivity contribution in [2.45, 2.75) is 27.2 Å². The van der Waals surface area contributed by atoms with Crippen molar-refractivity contribution < 1.29 is 23.9 Å². The minimum atomic E-state index is -0.718. The first-order chi connectivity index (χ1) is 14.5. The molecule has 7 heteroatoms. The largest absolute Gasteiger partial charge is 0.493 e. The van der Waals surface area contributed by atoms with Gasteiger partial charge in [-0.2, -0.15) is 0 Å². The zero-order valence-electron chi connectivity index (χ0n) is 17.7. The van der Waals surface area contributed by atoms with E-state index in [-0.39, 0.29) is 17.0 Å². The van der Waals surface area contributed by atoms with Crippen LogP contribution in [0.2, 0.25) is 0 Å². The molecule has 1 amide bonds. The Kier molecular flexibility index (Phi) is 8.12. The van der Waals surface area contributed by atoms with E-state index in [0.717, 1.165) is 16.2 Å². The third-order valence-corrected chi connectivity index (χ3v) is 4.71. The van der Waals surface area contributed by atoms with E-state index in [9.17, 15) is 9.59 Å². The molecule has 0 atom stereocenters. The summed E-state index contributed by atoms with van der Waals surface area (Å²) in [6.45, 7) is 5.90. The first kappa shape index (κ1) is 23.1. The second-order valence-electron chi connectivity index (χ2n) is 5.99. The summed E-state index contributed by atoms with van der Waals surface area (Å²) in [5.41, 5.74) is 2.66. The van der Waals surface area contributed by atoms with Crippen LogP contribution in [0.4, 0.5) is 0 Å². The molecule has 3 rings (SSSR count). The van der Waals surface area contributed by atoms with Crippen molar-refractivity contribution in [2.24, 2.45) is 0 Å². The maximum absolute atomic E-state index is 12.6. The van der Waals surface area contributed by atoms with Gasteiger partial charge in [-0.15, -0.1) is 5.06 Å². The van der Waals surface area contributed by atoms with Crippen LogP contribution < -0.4 is 9.47 Å². The van der Waals surface area contributed by atoms with Gasteiger partial charge < -0.3 is 14.3 Å². The summed E-state index contributed by atoms with van der Waals surface area (Å²) >= 11 is 5.42. The smallest absolute Gasteiger partial charge is 0.363 e. The number of rotatable bonds is 5. The number of amides is 1. The molecule has 0 spiro atoms. The van der Waals surface area contributed by atoms with E-state index in [2.05, 4.69) is 0 Å². The van der Waals surface area contributed by atoms with E-state index >= 15 is 0 Å². The van der Waals surface area contributed by atoms with E-state index < -0.39 is 11.9 Å². The van der Waals surface area contributed by atoms with Crippen molar-refractivity contribution in [3.63, 3.8) is 0 Å². The highest BCUT2D eigenvalue weighted by Crippen LogP contribution is 2.29. The molecule has 1 aliphatic heterocycles. The summed E-state index contributed by atoms with van der Waals surface area (Å²) in [4.78, 5) is 30.7. The predicted molar refractivity (Wildman–Crippen MR) is 120 cm³/mol. The number of carbonyl (C=O) groups excluding carboxylic acids is 2. The summed E-state index contributed by atoms with van der Waals surface area (Å²) < 4.78 is 10.4.